The fraction of sp³-hybridized carbons (Fsp3) is 0.138. The second-order valence-corrected chi connectivity index (χ2v) is 9.23. The molecule has 0 fully saturated rings. The Labute approximate surface area is 216 Å². The quantitative estimate of drug-likeness (QED) is 0.225. The molecule has 0 unspecified atom stereocenters. The third-order valence-corrected chi connectivity index (χ3v) is 6.33. The molecular formula is C29H22BrF3N2O. The van der Waals surface area contributed by atoms with Crippen LogP contribution in [0.15, 0.2) is 83.3 Å². The topological polar surface area (TPSA) is 38.0 Å². The molecule has 3 aromatic carbocycles. The van der Waals surface area contributed by atoms with Gasteiger partial charge in [-0.3, -0.25) is 0 Å². The minimum atomic E-state index is -4.47. The summed E-state index contributed by atoms with van der Waals surface area (Å²) in [6.45, 7) is 4.31. The van der Waals surface area contributed by atoms with E-state index >= 15 is 0 Å². The first kappa shape index (κ1) is 25.3. The van der Waals surface area contributed by atoms with E-state index in [1.54, 1.807) is 6.08 Å². The molecule has 7 heteroatoms. The predicted molar refractivity (Wildman–Crippen MR) is 139 cm³/mol. The summed E-state index contributed by atoms with van der Waals surface area (Å²) < 4.78 is 48.3. The molecule has 1 aromatic heterocycles. The Bertz CT molecular complexity index is 1440. The number of aromatic nitrogens is 1. The van der Waals surface area contributed by atoms with Gasteiger partial charge in [-0.05, 0) is 91.2 Å². The van der Waals surface area contributed by atoms with Crippen LogP contribution in [0.4, 0.5) is 13.2 Å². The van der Waals surface area contributed by atoms with Crippen molar-refractivity contribution in [2.24, 2.45) is 0 Å². The van der Waals surface area contributed by atoms with Gasteiger partial charge in [-0.15, -0.1) is 0 Å². The molecule has 182 valence electrons. The third-order valence-electron chi connectivity index (χ3n) is 5.81. The van der Waals surface area contributed by atoms with Crippen LogP contribution in [0.5, 0.6) is 5.75 Å². The van der Waals surface area contributed by atoms with Gasteiger partial charge in [-0.25, -0.2) is 0 Å². The van der Waals surface area contributed by atoms with E-state index < -0.39 is 11.7 Å². The van der Waals surface area contributed by atoms with E-state index in [0.717, 1.165) is 50.6 Å². The van der Waals surface area contributed by atoms with Crippen molar-refractivity contribution in [1.29, 1.82) is 5.26 Å². The van der Waals surface area contributed by atoms with Crippen molar-refractivity contribution in [2.75, 3.05) is 0 Å². The van der Waals surface area contributed by atoms with Gasteiger partial charge in [0, 0.05) is 21.5 Å². The van der Waals surface area contributed by atoms with Gasteiger partial charge in [0.1, 0.15) is 12.4 Å². The molecule has 0 N–H and O–H groups in total. The molecule has 0 amide bonds. The zero-order valence-electron chi connectivity index (χ0n) is 19.6. The lowest BCUT2D eigenvalue weighted by molar-refractivity contribution is -0.137. The molecule has 0 bridgehead atoms. The lowest BCUT2D eigenvalue weighted by atomic mass is 10.0. The van der Waals surface area contributed by atoms with E-state index in [1.165, 1.54) is 12.1 Å². The molecule has 0 spiro atoms. The number of nitrogens with zero attached hydrogens (tertiary/aromatic N) is 2. The summed E-state index contributed by atoms with van der Waals surface area (Å²) in [6, 6.07) is 24.4. The van der Waals surface area contributed by atoms with Gasteiger partial charge in [0.05, 0.1) is 17.2 Å². The highest BCUT2D eigenvalue weighted by Gasteiger charge is 2.30. The van der Waals surface area contributed by atoms with E-state index in [-0.39, 0.29) is 11.1 Å². The molecule has 4 aromatic rings. The highest BCUT2D eigenvalue weighted by Crippen LogP contribution is 2.32. The monoisotopic (exact) mass is 550 g/mol. The lowest BCUT2D eigenvalue weighted by Gasteiger charge is -2.12. The number of alkyl halides is 3. The Morgan fingerprint density at radius 2 is 1.69 bits per heavy atom. The van der Waals surface area contributed by atoms with Crippen LogP contribution in [0.3, 0.4) is 0 Å². The molecule has 36 heavy (non-hydrogen) atoms. The molecule has 3 nitrogen and oxygen atoms in total. The second kappa shape index (κ2) is 10.5. The lowest BCUT2D eigenvalue weighted by Crippen LogP contribution is -2.04. The molecule has 0 saturated heterocycles. The molecule has 0 aliphatic heterocycles. The summed E-state index contributed by atoms with van der Waals surface area (Å²) in [5, 5.41) is 9.67. The summed E-state index contributed by atoms with van der Waals surface area (Å²) in [7, 11) is 0. The minimum absolute atomic E-state index is 0.165. The van der Waals surface area contributed by atoms with Crippen LogP contribution in [0.25, 0.3) is 17.3 Å². The first-order valence-corrected chi connectivity index (χ1v) is 11.9. The highest BCUT2D eigenvalue weighted by atomic mass is 79.9. The van der Waals surface area contributed by atoms with E-state index in [4.69, 9.17) is 4.74 Å². The van der Waals surface area contributed by atoms with Gasteiger partial charge in [-0.1, -0.05) is 40.2 Å². The number of ether oxygens (including phenoxy) is 1. The Morgan fingerprint density at radius 1 is 1.00 bits per heavy atom. The summed E-state index contributed by atoms with van der Waals surface area (Å²) in [5.74, 6) is 0.737. The number of aryl methyl sites for hydroxylation is 1. The molecule has 4 rings (SSSR count). The van der Waals surface area contributed by atoms with E-state index in [0.29, 0.717) is 6.61 Å². The predicted octanol–water partition coefficient (Wildman–Crippen LogP) is 8.52. The van der Waals surface area contributed by atoms with Gasteiger partial charge in [0.15, 0.2) is 0 Å². The van der Waals surface area contributed by atoms with Crippen molar-refractivity contribution in [1.82, 2.24) is 4.57 Å². The standard InChI is InChI=1S/C29H22BrF3N2O/c1-19-14-23(15-24(17-34)22-4-3-5-25(16-22)29(31,32)33)20(2)35(19)27-10-12-28(13-11-27)36-18-21-6-8-26(30)9-7-21/h3-16H,18H2,1-2H3/b24-15-. The first-order chi connectivity index (χ1) is 17.2. The summed E-state index contributed by atoms with van der Waals surface area (Å²) in [5.41, 5.74) is 4.15. The Hall–Kier alpha value is -3.76. The number of allylic oxidation sites excluding steroid dienone is 1. The van der Waals surface area contributed by atoms with Crippen LogP contribution in [0.1, 0.15) is 33.6 Å². The summed E-state index contributed by atoms with van der Waals surface area (Å²) in [4.78, 5) is 0. The van der Waals surface area contributed by atoms with Gasteiger partial charge in [0.25, 0.3) is 0 Å². The first-order valence-electron chi connectivity index (χ1n) is 11.1. The van der Waals surface area contributed by atoms with E-state index in [9.17, 15) is 18.4 Å². The minimum Gasteiger partial charge on any atom is -0.489 e. The SMILES string of the molecule is Cc1cc(/C=C(/C#N)c2cccc(C(F)(F)F)c2)c(C)n1-c1ccc(OCc2ccc(Br)cc2)cc1. The number of nitriles is 1. The summed E-state index contributed by atoms with van der Waals surface area (Å²) >= 11 is 3.42. The number of rotatable bonds is 6. The molecule has 0 atom stereocenters. The molecule has 0 aliphatic rings. The summed E-state index contributed by atoms with van der Waals surface area (Å²) in [6.07, 6.45) is -2.84. The van der Waals surface area contributed by atoms with Crippen LogP contribution in [-0.2, 0) is 12.8 Å². The number of benzene rings is 3. The molecule has 0 radical (unpaired) electrons. The Balaban J connectivity index is 1.57. The maximum Gasteiger partial charge on any atom is 0.416 e. The van der Waals surface area contributed by atoms with Crippen LogP contribution in [0.2, 0.25) is 0 Å². The normalized spacial score (nSPS) is 11.9. The van der Waals surface area contributed by atoms with Crippen molar-refractivity contribution < 1.29 is 17.9 Å². The average molecular weight is 551 g/mol. The largest absolute Gasteiger partial charge is 0.489 e. The van der Waals surface area contributed by atoms with Crippen LogP contribution < -0.4 is 4.74 Å². The second-order valence-electron chi connectivity index (χ2n) is 8.32. The number of hydrogen-bond donors (Lipinski definition) is 0. The van der Waals surface area contributed by atoms with Crippen LogP contribution in [0, 0.1) is 25.2 Å². The zero-order valence-corrected chi connectivity index (χ0v) is 21.2. The Morgan fingerprint density at radius 3 is 2.33 bits per heavy atom. The third kappa shape index (κ3) is 5.72. The number of hydrogen-bond acceptors (Lipinski definition) is 2. The van der Waals surface area contributed by atoms with Crippen LogP contribution >= 0.6 is 15.9 Å². The maximum atomic E-state index is 13.1. The zero-order chi connectivity index (χ0) is 25.9. The molecule has 1 heterocycles. The van der Waals surface area contributed by atoms with Crippen molar-refractivity contribution in [3.63, 3.8) is 0 Å². The maximum absolute atomic E-state index is 13.1. The van der Waals surface area contributed by atoms with Gasteiger partial charge in [-0.2, -0.15) is 18.4 Å². The Kier molecular flexibility index (Phi) is 7.37. The number of halogens is 4. The van der Waals surface area contributed by atoms with Crippen molar-refractivity contribution in [3.8, 4) is 17.5 Å². The van der Waals surface area contributed by atoms with Crippen molar-refractivity contribution in [3.05, 3.63) is 117 Å². The average Bonchev–Trinajstić information content (AvgIpc) is 3.14. The molecule has 0 saturated carbocycles. The van der Waals surface area contributed by atoms with E-state index in [1.807, 2.05) is 79.1 Å². The highest BCUT2D eigenvalue weighted by molar-refractivity contribution is 9.10. The fourth-order valence-corrected chi connectivity index (χ4v) is 4.23. The van der Waals surface area contributed by atoms with Crippen LogP contribution in [-0.4, -0.2) is 4.57 Å². The molecule has 0 aliphatic carbocycles. The fourth-order valence-electron chi connectivity index (χ4n) is 3.97. The van der Waals surface area contributed by atoms with Gasteiger partial charge < -0.3 is 9.30 Å². The van der Waals surface area contributed by atoms with E-state index in [2.05, 4.69) is 15.9 Å². The molecular weight excluding hydrogens is 529 g/mol. The van der Waals surface area contributed by atoms with Crippen molar-refractivity contribution in [2.45, 2.75) is 26.6 Å². The van der Waals surface area contributed by atoms with Gasteiger partial charge in [0.2, 0.25) is 0 Å². The van der Waals surface area contributed by atoms with Gasteiger partial charge >= 0.3 is 6.18 Å². The van der Waals surface area contributed by atoms with Crippen molar-refractivity contribution >= 4 is 27.6 Å². The smallest absolute Gasteiger partial charge is 0.416 e.